The van der Waals surface area contributed by atoms with Crippen molar-refractivity contribution in [2.45, 2.75) is 115 Å². The minimum atomic E-state index is -3.88. The standard InChI is InChI=1S/C15H27O8P.C9H16O5.C7H13N2O5P/c1-7-19-12(16)14(24(5,6)17)20-8-9-10-11(13(18-4)21-9)23-15(2,3)22-10;1-9(2)13-6-5(4-10)12-8(11-3)7(6)14-9;1-4-13-15(11,14-5-2)6(9-8)7(10)12-3/h9-11,13-14H,7-8H2,1-6H3;5-8,10H,4H2,1-3H3;4-5H2,1-3H3/t9-,10-,11-,13-,14?;5-,6-,7-,8-;/m11./s1. The molecule has 0 aliphatic carbocycles. The highest BCUT2D eigenvalue weighted by molar-refractivity contribution is 7.74. The second-order valence-electron chi connectivity index (χ2n) is 13.0. The van der Waals surface area contributed by atoms with Crippen LogP contribution in [0.1, 0.15) is 48.5 Å². The molecule has 22 heteroatoms. The van der Waals surface area contributed by atoms with Gasteiger partial charge in [-0.05, 0) is 61.8 Å². The number of fused-ring (bicyclic) bond motifs is 2. The molecule has 0 radical (unpaired) electrons. The van der Waals surface area contributed by atoms with E-state index in [-0.39, 0.29) is 63.6 Å². The molecule has 0 spiro atoms. The number of carbonyl (C=O) groups excluding carboxylic acids is 2. The van der Waals surface area contributed by atoms with Crippen LogP contribution in [0.3, 0.4) is 0 Å². The Hall–Kier alpha value is -1.70. The van der Waals surface area contributed by atoms with Gasteiger partial charge in [-0.1, -0.05) is 0 Å². The summed E-state index contributed by atoms with van der Waals surface area (Å²) >= 11 is 0. The number of aliphatic hydroxyl groups is 1. The van der Waals surface area contributed by atoms with Crippen LogP contribution in [-0.2, 0) is 79.9 Å². The average Bonchev–Trinajstić information content (AvgIpc) is 3.77. The summed E-state index contributed by atoms with van der Waals surface area (Å²) < 4.78 is 93.1. The summed E-state index contributed by atoms with van der Waals surface area (Å²) in [6.07, 6.45) is -3.12. The maximum Gasteiger partial charge on any atom is 0.484 e. The summed E-state index contributed by atoms with van der Waals surface area (Å²) in [4.78, 5) is 25.7. The SMILES string of the molecule is CCOC(=O)C(OC[C@H]1O[C@@H](OC)[C@@H]2OC(C)(C)O[C@@H]21)P(C)(C)=O.CCOP(=O)(OCC)C(=[N+]=[N-])C(=O)OC.CO[C@@H]1O[C@H](CO)[C@H]2OC(C)(C)O[C@@H]12. The number of esters is 2. The number of aliphatic hydroxyl groups excluding tert-OH is 1. The summed E-state index contributed by atoms with van der Waals surface area (Å²) in [5, 5.41) is 9.08. The first-order valence-electron chi connectivity index (χ1n) is 16.9. The fourth-order valence-electron chi connectivity index (χ4n) is 5.64. The number of ether oxygens (including phenoxy) is 11. The largest absolute Gasteiger partial charge is 0.484 e. The van der Waals surface area contributed by atoms with Crippen LogP contribution >= 0.6 is 14.7 Å². The lowest BCUT2D eigenvalue weighted by atomic mass is 10.1. The number of nitrogens with zero attached hydrogens (tertiary/aromatic N) is 2. The summed E-state index contributed by atoms with van der Waals surface area (Å²) in [7, 11) is -2.59. The molecule has 0 amide bonds. The van der Waals surface area contributed by atoms with Gasteiger partial charge in [-0.25, -0.2) is 14.2 Å². The number of methoxy groups -OCH3 is 3. The molecule has 1 N–H and O–H groups in total. The monoisotopic (exact) mass is 806 g/mol. The predicted octanol–water partition coefficient (Wildman–Crippen LogP) is 2.33. The molecule has 0 bridgehead atoms. The van der Waals surface area contributed by atoms with Crippen molar-refractivity contribution in [3.05, 3.63) is 5.53 Å². The van der Waals surface area contributed by atoms with Crippen molar-refractivity contribution in [1.82, 2.24) is 0 Å². The Morgan fingerprint density at radius 2 is 1.25 bits per heavy atom. The first-order valence-corrected chi connectivity index (χ1v) is 21.1. The first kappa shape index (κ1) is 47.5. The molecule has 0 aromatic heterocycles. The Bertz CT molecular complexity index is 1320. The van der Waals surface area contributed by atoms with Crippen LogP contribution in [0.15, 0.2) is 0 Å². The quantitative estimate of drug-likeness (QED) is 0.0820. The van der Waals surface area contributed by atoms with Crippen molar-refractivity contribution >= 4 is 32.1 Å². The molecule has 4 aliphatic heterocycles. The van der Waals surface area contributed by atoms with Gasteiger partial charge in [0.05, 0.1) is 40.1 Å². The second kappa shape index (κ2) is 20.5. The molecule has 1 unspecified atom stereocenters. The van der Waals surface area contributed by atoms with Crippen LogP contribution in [0.25, 0.3) is 5.53 Å². The lowest BCUT2D eigenvalue weighted by Crippen LogP contribution is -2.36. The van der Waals surface area contributed by atoms with E-state index in [0.717, 1.165) is 7.11 Å². The van der Waals surface area contributed by atoms with E-state index in [1.807, 2.05) is 27.7 Å². The van der Waals surface area contributed by atoms with Crippen LogP contribution in [0, 0.1) is 0 Å². The summed E-state index contributed by atoms with van der Waals surface area (Å²) in [5.74, 6) is -4.19. The highest BCUT2D eigenvalue weighted by Crippen LogP contribution is 2.49. The molecule has 4 rings (SSSR count). The second-order valence-corrected chi connectivity index (χ2v) is 18.3. The zero-order valence-corrected chi connectivity index (χ0v) is 34.2. The van der Waals surface area contributed by atoms with Crippen LogP contribution in [0.2, 0.25) is 0 Å². The predicted molar refractivity (Wildman–Crippen MR) is 183 cm³/mol. The van der Waals surface area contributed by atoms with Gasteiger partial charge >= 0.3 is 25.0 Å². The third-order valence-electron chi connectivity index (χ3n) is 7.65. The lowest BCUT2D eigenvalue weighted by Gasteiger charge is -2.25. The minimum Gasteiger partial charge on any atom is -0.464 e. The van der Waals surface area contributed by atoms with Crippen molar-refractivity contribution < 1.29 is 89.8 Å². The van der Waals surface area contributed by atoms with Gasteiger partial charge in [0.1, 0.15) is 43.8 Å². The summed E-state index contributed by atoms with van der Waals surface area (Å²) in [6, 6.07) is 0. The molecule has 9 atom stereocenters. The van der Waals surface area contributed by atoms with Gasteiger partial charge in [0.2, 0.25) is 5.85 Å². The molecule has 4 saturated heterocycles. The van der Waals surface area contributed by atoms with Gasteiger partial charge < -0.3 is 76.4 Å². The van der Waals surface area contributed by atoms with Crippen LogP contribution in [0.5, 0.6) is 0 Å². The Morgan fingerprint density at radius 3 is 1.62 bits per heavy atom. The molecular formula is C31H56N2O18P2. The van der Waals surface area contributed by atoms with Crippen molar-refractivity contribution in [1.29, 1.82) is 0 Å². The number of hydrogen-bond acceptors (Lipinski definition) is 18. The van der Waals surface area contributed by atoms with Crippen LogP contribution < -0.4 is 0 Å². The van der Waals surface area contributed by atoms with Gasteiger partial charge in [-0.15, -0.1) is 4.79 Å². The molecule has 53 heavy (non-hydrogen) atoms. The highest BCUT2D eigenvalue weighted by atomic mass is 31.2. The normalized spacial score (nSPS) is 30.1. The third kappa shape index (κ3) is 12.7. The van der Waals surface area contributed by atoms with Crippen molar-refractivity contribution in [3.63, 3.8) is 0 Å². The molecule has 0 aromatic carbocycles. The van der Waals surface area contributed by atoms with E-state index in [9.17, 15) is 18.7 Å². The number of rotatable bonds is 15. The van der Waals surface area contributed by atoms with Gasteiger partial charge in [0.25, 0.3) is 0 Å². The molecule has 4 fully saturated rings. The van der Waals surface area contributed by atoms with E-state index in [2.05, 4.69) is 9.53 Å². The zero-order chi connectivity index (χ0) is 40.4. The fourth-order valence-corrected chi connectivity index (χ4v) is 8.09. The minimum absolute atomic E-state index is 0.0234. The zero-order valence-electron chi connectivity index (χ0n) is 32.4. The van der Waals surface area contributed by atoms with Gasteiger partial charge in [-0.3, -0.25) is 0 Å². The average molecular weight is 807 g/mol. The Morgan fingerprint density at radius 1 is 0.792 bits per heavy atom. The molecule has 4 aliphatic rings. The van der Waals surface area contributed by atoms with Crippen LogP contribution in [-0.4, -0.2) is 162 Å². The molecule has 0 aromatic rings. The Balaban J connectivity index is 0.000000291. The van der Waals surface area contributed by atoms with Crippen LogP contribution in [0.4, 0.5) is 0 Å². The van der Waals surface area contributed by atoms with E-state index in [1.165, 1.54) is 20.4 Å². The number of carbonyl (C=O) groups is 2. The Labute approximate surface area is 310 Å². The summed E-state index contributed by atoms with van der Waals surface area (Å²) in [5.41, 5.74) is 7.82. The topological polar surface area (TPSA) is 245 Å². The van der Waals surface area contributed by atoms with Gasteiger partial charge in [0.15, 0.2) is 24.2 Å². The van der Waals surface area contributed by atoms with E-state index >= 15 is 0 Å². The van der Waals surface area contributed by atoms with Gasteiger partial charge in [0, 0.05) is 14.2 Å². The van der Waals surface area contributed by atoms with E-state index < -0.39 is 68.2 Å². The van der Waals surface area contributed by atoms with Crippen molar-refractivity contribution in [2.75, 3.05) is 67.7 Å². The third-order valence-corrected chi connectivity index (χ3v) is 11.1. The lowest BCUT2D eigenvalue weighted by molar-refractivity contribution is -0.232. The van der Waals surface area contributed by atoms with Crippen molar-refractivity contribution in [3.8, 4) is 0 Å². The van der Waals surface area contributed by atoms with Gasteiger partial charge in [-0.2, -0.15) is 0 Å². The molecule has 4 heterocycles. The number of hydrogen-bond donors (Lipinski definition) is 1. The Kier molecular flexibility index (Phi) is 18.3. The van der Waals surface area contributed by atoms with E-state index in [4.69, 9.17) is 67.1 Å². The fraction of sp³-hybridized carbons (Fsp3) is 0.903. The molecule has 20 nitrogen and oxygen atoms in total. The van der Waals surface area contributed by atoms with Crippen molar-refractivity contribution in [2.24, 2.45) is 0 Å². The molecule has 0 saturated carbocycles. The first-order chi connectivity index (χ1) is 24.7. The van der Waals surface area contributed by atoms with E-state index in [1.54, 1.807) is 27.9 Å². The summed E-state index contributed by atoms with van der Waals surface area (Å²) in [6.45, 7) is 15.3. The maximum absolute atomic E-state index is 12.3. The smallest absolute Gasteiger partial charge is 0.464 e. The molecule has 308 valence electrons. The highest BCUT2D eigenvalue weighted by Gasteiger charge is 2.57. The van der Waals surface area contributed by atoms with E-state index in [0.29, 0.717) is 0 Å². The molecular weight excluding hydrogens is 750 g/mol. The maximum atomic E-state index is 12.3.